The van der Waals surface area contributed by atoms with Gasteiger partial charge in [0.25, 0.3) is 0 Å². The molecule has 0 aromatic heterocycles. The Balaban J connectivity index is 2.03. The zero-order valence-corrected chi connectivity index (χ0v) is 10.7. The molecule has 0 saturated carbocycles. The number of para-hydroxylation sites is 1. The van der Waals surface area contributed by atoms with Crippen molar-refractivity contribution in [3.8, 4) is 5.75 Å². The smallest absolute Gasteiger partial charge is 0.166 e. The fourth-order valence-electron chi connectivity index (χ4n) is 1.92. The summed E-state index contributed by atoms with van der Waals surface area (Å²) in [6, 6.07) is 13.4. The first kappa shape index (κ1) is 13.3. The van der Waals surface area contributed by atoms with Crippen LogP contribution in [0.4, 0.5) is 4.39 Å². The van der Waals surface area contributed by atoms with Gasteiger partial charge in [0.05, 0.1) is 12.7 Å². The summed E-state index contributed by atoms with van der Waals surface area (Å²) < 4.78 is 17.9. The van der Waals surface area contributed by atoms with Gasteiger partial charge in [-0.05, 0) is 36.2 Å². The molecule has 98 valence electrons. The number of Topliss-reactive ketones (excluding diaryl/α,β-unsaturated/α-hetero) is 1. The summed E-state index contributed by atoms with van der Waals surface area (Å²) in [7, 11) is 1.55. The molecule has 0 atom stereocenters. The molecular formula is C16H15FO2. The number of carbonyl (C=O) groups is 1. The number of hydrogen-bond acceptors (Lipinski definition) is 2. The van der Waals surface area contributed by atoms with Gasteiger partial charge in [-0.15, -0.1) is 0 Å². The number of halogens is 1. The maximum atomic E-state index is 12.8. The Morgan fingerprint density at radius 1 is 1.11 bits per heavy atom. The summed E-state index contributed by atoms with van der Waals surface area (Å²) in [6.45, 7) is 0. The second kappa shape index (κ2) is 6.14. The number of methoxy groups -OCH3 is 1. The third-order valence-electron chi connectivity index (χ3n) is 2.96. The van der Waals surface area contributed by atoms with E-state index in [4.69, 9.17) is 4.74 Å². The van der Waals surface area contributed by atoms with Crippen LogP contribution in [0.25, 0.3) is 0 Å². The van der Waals surface area contributed by atoms with Crippen molar-refractivity contribution in [1.29, 1.82) is 0 Å². The molecular weight excluding hydrogens is 243 g/mol. The minimum atomic E-state index is -0.264. The normalized spacial score (nSPS) is 10.2. The van der Waals surface area contributed by atoms with Crippen LogP contribution in [0.5, 0.6) is 5.75 Å². The molecule has 0 amide bonds. The van der Waals surface area contributed by atoms with Gasteiger partial charge in [0.1, 0.15) is 11.6 Å². The lowest BCUT2D eigenvalue weighted by Gasteiger charge is -2.07. The molecule has 0 N–H and O–H groups in total. The molecule has 0 heterocycles. The Morgan fingerprint density at radius 3 is 2.47 bits per heavy atom. The maximum absolute atomic E-state index is 12.8. The van der Waals surface area contributed by atoms with E-state index in [0.29, 0.717) is 24.2 Å². The van der Waals surface area contributed by atoms with Crippen molar-refractivity contribution in [3.05, 3.63) is 65.5 Å². The first-order valence-electron chi connectivity index (χ1n) is 6.11. The third-order valence-corrected chi connectivity index (χ3v) is 2.96. The van der Waals surface area contributed by atoms with Crippen molar-refractivity contribution in [2.75, 3.05) is 7.11 Å². The first-order valence-corrected chi connectivity index (χ1v) is 6.11. The molecule has 3 heteroatoms. The van der Waals surface area contributed by atoms with E-state index in [9.17, 15) is 9.18 Å². The van der Waals surface area contributed by atoms with Gasteiger partial charge in [-0.1, -0.05) is 24.3 Å². The molecule has 0 unspecified atom stereocenters. The van der Waals surface area contributed by atoms with E-state index < -0.39 is 0 Å². The molecule has 2 aromatic carbocycles. The van der Waals surface area contributed by atoms with Crippen LogP contribution < -0.4 is 4.74 Å². The van der Waals surface area contributed by atoms with E-state index >= 15 is 0 Å². The lowest BCUT2D eigenvalue weighted by molar-refractivity contribution is 0.0980. The first-order chi connectivity index (χ1) is 9.20. The van der Waals surface area contributed by atoms with Crippen LogP contribution in [0.3, 0.4) is 0 Å². The van der Waals surface area contributed by atoms with Crippen molar-refractivity contribution in [3.63, 3.8) is 0 Å². The predicted molar refractivity (Wildman–Crippen MR) is 72.0 cm³/mol. The van der Waals surface area contributed by atoms with Crippen molar-refractivity contribution in [2.24, 2.45) is 0 Å². The summed E-state index contributed by atoms with van der Waals surface area (Å²) in [4.78, 5) is 12.1. The van der Waals surface area contributed by atoms with Gasteiger partial charge in [-0.2, -0.15) is 0 Å². The zero-order valence-electron chi connectivity index (χ0n) is 10.7. The molecule has 0 fully saturated rings. The SMILES string of the molecule is COc1ccccc1C(=O)CCc1ccc(F)cc1. The highest BCUT2D eigenvalue weighted by Crippen LogP contribution is 2.19. The summed E-state index contributed by atoms with van der Waals surface area (Å²) in [5.74, 6) is 0.355. The largest absolute Gasteiger partial charge is 0.496 e. The van der Waals surface area contributed by atoms with Crippen molar-refractivity contribution < 1.29 is 13.9 Å². The van der Waals surface area contributed by atoms with Crippen LogP contribution in [-0.2, 0) is 6.42 Å². The van der Waals surface area contributed by atoms with E-state index in [0.717, 1.165) is 5.56 Å². The van der Waals surface area contributed by atoms with Gasteiger partial charge in [-0.3, -0.25) is 4.79 Å². The number of ketones is 1. The topological polar surface area (TPSA) is 26.3 Å². The Bertz CT molecular complexity index is 561. The Labute approximate surface area is 111 Å². The second-order valence-electron chi connectivity index (χ2n) is 4.25. The molecule has 2 rings (SSSR count). The molecule has 2 aromatic rings. The minimum Gasteiger partial charge on any atom is -0.496 e. The maximum Gasteiger partial charge on any atom is 0.166 e. The summed E-state index contributed by atoms with van der Waals surface area (Å²) in [6.07, 6.45) is 0.975. The summed E-state index contributed by atoms with van der Waals surface area (Å²) in [5, 5.41) is 0. The van der Waals surface area contributed by atoms with Gasteiger partial charge in [-0.25, -0.2) is 4.39 Å². The Kier molecular flexibility index (Phi) is 4.29. The highest BCUT2D eigenvalue weighted by Gasteiger charge is 2.11. The number of hydrogen-bond donors (Lipinski definition) is 0. The number of ether oxygens (including phenoxy) is 1. The third kappa shape index (κ3) is 3.41. The van der Waals surface area contributed by atoms with Crippen LogP contribution in [0.2, 0.25) is 0 Å². The molecule has 0 saturated heterocycles. The Morgan fingerprint density at radius 2 is 1.79 bits per heavy atom. The highest BCUT2D eigenvalue weighted by atomic mass is 19.1. The molecule has 0 spiro atoms. The molecule has 0 aliphatic heterocycles. The van der Waals surface area contributed by atoms with Crippen LogP contribution in [-0.4, -0.2) is 12.9 Å². The van der Waals surface area contributed by atoms with Gasteiger partial charge < -0.3 is 4.74 Å². The molecule has 2 nitrogen and oxygen atoms in total. The fourth-order valence-corrected chi connectivity index (χ4v) is 1.92. The van der Waals surface area contributed by atoms with E-state index in [2.05, 4.69) is 0 Å². The number of carbonyl (C=O) groups excluding carboxylic acids is 1. The fraction of sp³-hybridized carbons (Fsp3) is 0.188. The van der Waals surface area contributed by atoms with Crippen LogP contribution in [0.1, 0.15) is 22.3 Å². The standard InChI is InChI=1S/C16H15FO2/c1-19-16-5-3-2-4-14(16)15(18)11-8-12-6-9-13(17)10-7-12/h2-7,9-10H,8,11H2,1H3. The lowest BCUT2D eigenvalue weighted by atomic mass is 10.0. The monoisotopic (exact) mass is 258 g/mol. The zero-order chi connectivity index (χ0) is 13.7. The molecule has 19 heavy (non-hydrogen) atoms. The Hall–Kier alpha value is -2.16. The van der Waals surface area contributed by atoms with Crippen molar-refractivity contribution in [1.82, 2.24) is 0 Å². The van der Waals surface area contributed by atoms with E-state index in [1.807, 2.05) is 12.1 Å². The van der Waals surface area contributed by atoms with Gasteiger partial charge >= 0.3 is 0 Å². The van der Waals surface area contributed by atoms with Crippen LogP contribution >= 0.6 is 0 Å². The average molecular weight is 258 g/mol. The van der Waals surface area contributed by atoms with E-state index in [1.165, 1.54) is 12.1 Å². The molecule has 0 bridgehead atoms. The van der Waals surface area contributed by atoms with E-state index in [1.54, 1.807) is 31.4 Å². The number of benzene rings is 2. The average Bonchev–Trinajstić information content (AvgIpc) is 2.46. The number of rotatable bonds is 5. The van der Waals surface area contributed by atoms with Gasteiger partial charge in [0.2, 0.25) is 0 Å². The molecule has 0 aliphatic carbocycles. The number of aryl methyl sites for hydroxylation is 1. The van der Waals surface area contributed by atoms with Crippen LogP contribution in [0.15, 0.2) is 48.5 Å². The van der Waals surface area contributed by atoms with Crippen LogP contribution in [0, 0.1) is 5.82 Å². The highest BCUT2D eigenvalue weighted by molar-refractivity contribution is 5.98. The molecule has 0 radical (unpaired) electrons. The predicted octanol–water partition coefficient (Wildman–Crippen LogP) is 3.65. The van der Waals surface area contributed by atoms with Crippen molar-refractivity contribution >= 4 is 5.78 Å². The minimum absolute atomic E-state index is 0.0294. The summed E-state index contributed by atoms with van der Waals surface area (Å²) >= 11 is 0. The van der Waals surface area contributed by atoms with Gasteiger partial charge in [0, 0.05) is 6.42 Å². The van der Waals surface area contributed by atoms with E-state index in [-0.39, 0.29) is 11.6 Å². The quantitative estimate of drug-likeness (QED) is 0.765. The second-order valence-corrected chi connectivity index (χ2v) is 4.25. The summed E-state index contributed by atoms with van der Waals surface area (Å²) in [5.41, 5.74) is 1.54. The van der Waals surface area contributed by atoms with Crippen molar-refractivity contribution in [2.45, 2.75) is 12.8 Å². The lowest BCUT2D eigenvalue weighted by Crippen LogP contribution is -2.03. The molecule has 0 aliphatic rings. The van der Waals surface area contributed by atoms with Gasteiger partial charge in [0.15, 0.2) is 5.78 Å².